The molecule has 6 heteroatoms. The Morgan fingerprint density at radius 3 is 2.95 bits per heavy atom. The predicted molar refractivity (Wildman–Crippen MR) is 79.9 cm³/mol. The van der Waals surface area contributed by atoms with E-state index in [0.717, 1.165) is 0 Å². The number of hydrogen-bond donors (Lipinski definition) is 2. The highest BCUT2D eigenvalue weighted by atomic mass is 16.3. The molecule has 0 saturated heterocycles. The summed E-state index contributed by atoms with van der Waals surface area (Å²) < 4.78 is 1.52. The molecule has 0 fully saturated rings. The largest absolute Gasteiger partial charge is 0.396 e. The molecule has 1 unspecified atom stereocenters. The normalized spacial score (nSPS) is 12.3. The second-order valence-electron chi connectivity index (χ2n) is 5.11. The lowest BCUT2D eigenvalue weighted by Crippen LogP contribution is -2.32. The highest BCUT2D eigenvalue weighted by Gasteiger charge is 2.09. The van der Waals surface area contributed by atoms with Gasteiger partial charge in [0.05, 0.1) is 11.7 Å². The van der Waals surface area contributed by atoms with Gasteiger partial charge in [-0.05, 0) is 24.5 Å². The molecule has 1 aromatic heterocycles. The SMILES string of the molecule is CC(CCO)CNC(=O)Cn1ncc(=O)c2ccccc21. The molecule has 0 aliphatic carbocycles. The van der Waals surface area contributed by atoms with E-state index in [-0.39, 0.29) is 30.4 Å². The van der Waals surface area contributed by atoms with Gasteiger partial charge in [-0.3, -0.25) is 14.3 Å². The molecule has 1 amide bonds. The van der Waals surface area contributed by atoms with Crippen molar-refractivity contribution in [3.05, 3.63) is 40.7 Å². The van der Waals surface area contributed by atoms with Crippen LogP contribution in [0.2, 0.25) is 0 Å². The highest BCUT2D eigenvalue weighted by molar-refractivity contribution is 5.81. The Labute approximate surface area is 122 Å². The molecule has 21 heavy (non-hydrogen) atoms. The Morgan fingerprint density at radius 2 is 2.19 bits per heavy atom. The highest BCUT2D eigenvalue weighted by Crippen LogP contribution is 2.07. The summed E-state index contributed by atoms with van der Waals surface area (Å²) in [5.41, 5.74) is 0.488. The summed E-state index contributed by atoms with van der Waals surface area (Å²) in [6.45, 7) is 2.65. The number of carbonyl (C=O) groups is 1. The van der Waals surface area contributed by atoms with Crippen LogP contribution in [0.1, 0.15) is 13.3 Å². The fraction of sp³-hybridized carbons (Fsp3) is 0.400. The Morgan fingerprint density at radius 1 is 1.43 bits per heavy atom. The van der Waals surface area contributed by atoms with Crippen LogP contribution in [0.4, 0.5) is 0 Å². The fourth-order valence-electron chi connectivity index (χ4n) is 2.09. The molecule has 2 N–H and O–H groups in total. The van der Waals surface area contributed by atoms with Crippen LogP contribution in [0.25, 0.3) is 10.9 Å². The van der Waals surface area contributed by atoms with Crippen LogP contribution >= 0.6 is 0 Å². The van der Waals surface area contributed by atoms with E-state index in [1.165, 1.54) is 10.9 Å². The standard InChI is InChI=1S/C15H19N3O3/c1-11(6-7-19)8-16-15(21)10-18-13-5-3-2-4-12(13)14(20)9-17-18/h2-5,9,11,19H,6-8,10H2,1H3,(H,16,21). The number of fused-ring (bicyclic) bond motifs is 1. The number of rotatable bonds is 6. The summed E-state index contributed by atoms with van der Waals surface area (Å²) >= 11 is 0. The molecule has 0 spiro atoms. The quantitative estimate of drug-likeness (QED) is 0.812. The van der Waals surface area contributed by atoms with E-state index in [2.05, 4.69) is 10.4 Å². The molecule has 0 aliphatic heterocycles. The third-order valence-electron chi connectivity index (χ3n) is 3.32. The second-order valence-corrected chi connectivity index (χ2v) is 5.11. The molecule has 1 atom stereocenters. The van der Waals surface area contributed by atoms with Crippen molar-refractivity contribution < 1.29 is 9.90 Å². The molecule has 2 aromatic rings. The van der Waals surface area contributed by atoms with E-state index in [1.54, 1.807) is 24.3 Å². The number of aliphatic hydroxyl groups excluding tert-OH is 1. The molecule has 2 rings (SSSR count). The van der Waals surface area contributed by atoms with Crippen molar-refractivity contribution in [2.75, 3.05) is 13.2 Å². The lowest BCUT2D eigenvalue weighted by Gasteiger charge is -2.12. The summed E-state index contributed by atoms with van der Waals surface area (Å²) in [6.07, 6.45) is 1.88. The first-order valence-electron chi connectivity index (χ1n) is 6.94. The van der Waals surface area contributed by atoms with Crippen LogP contribution in [0.5, 0.6) is 0 Å². The van der Waals surface area contributed by atoms with Crippen LogP contribution in [-0.2, 0) is 11.3 Å². The number of nitrogens with zero attached hydrogens (tertiary/aromatic N) is 2. The van der Waals surface area contributed by atoms with Gasteiger partial charge in [0.15, 0.2) is 0 Å². The zero-order valence-electron chi connectivity index (χ0n) is 12.0. The maximum absolute atomic E-state index is 11.9. The first-order chi connectivity index (χ1) is 10.1. The molecule has 0 aliphatic rings. The van der Waals surface area contributed by atoms with Gasteiger partial charge in [0.2, 0.25) is 11.3 Å². The summed E-state index contributed by atoms with van der Waals surface area (Å²) in [7, 11) is 0. The maximum Gasteiger partial charge on any atom is 0.241 e. The zero-order valence-corrected chi connectivity index (χ0v) is 12.0. The molecule has 6 nitrogen and oxygen atoms in total. The summed E-state index contributed by atoms with van der Waals surface area (Å²) in [5, 5.41) is 16.2. The van der Waals surface area contributed by atoms with E-state index in [0.29, 0.717) is 23.9 Å². The van der Waals surface area contributed by atoms with Gasteiger partial charge in [-0.2, -0.15) is 5.10 Å². The molecule has 0 radical (unpaired) electrons. The number of aromatic nitrogens is 2. The number of carbonyl (C=O) groups excluding carboxylic acids is 1. The number of aliphatic hydroxyl groups is 1. The first-order valence-corrected chi connectivity index (χ1v) is 6.94. The average molecular weight is 289 g/mol. The van der Waals surface area contributed by atoms with Crippen molar-refractivity contribution in [2.45, 2.75) is 19.9 Å². The maximum atomic E-state index is 11.9. The Bertz CT molecular complexity index is 681. The van der Waals surface area contributed by atoms with Gasteiger partial charge in [-0.25, -0.2) is 0 Å². The topological polar surface area (TPSA) is 84.2 Å². The number of amides is 1. The van der Waals surface area contributed by atoms with E-state index in [9.17, 15) is 9.59 Å². The van der Waals surface area contributed by atoms with Crippen LogP contribution in [0.3, 0.4) is 0 Å². The van der Waals surface area contributed by atoms with Gasteiger partial charge in [-0.15, -0.1) is 0 Å². The van der Waals surface area contributed by atoms with Crippen LogP contribution < -0.4 is 10.7 Å². The number of para-hydroxylation sites is 1. The Balaban J connectivity index is 2.08. The monoisotopic (exact) mass is 289 g/mol. The van der Waals surface area contributed by atoms with Crippen molar-refractivity contribution in [3.63, 3.8) is 0 Å². The minimum absolute atomic E-state index is 0.0621. The van der Waals surface area contributed by atoms with Crippen molar-refractivity contribution in [1.82, 2.24) is 15.1 Å². The summed E-state index contributed by atoms with van der Waals surface area (Å²) in [4.78, 5) is 23.6. The summed E-state index contributed by atoms with van der Waals surface area (Å²) in [6, 6.07) is 7.08. The van der Waals surface area contributed by atoms with Gasteiger partial charge in [0.25, 0.3) is 0 Å². The first kappa shape index (κ1) is 15.2. The van der Waals surface area contributed by atoms with E-state index in [4.69, 9.17) is 5.11 Å². The van der Waals surface area contributed by atoms with Crippen molar-refractivity contribution in [1.29, 1.82) is 0 Å². The smallest absolute Gasteiger partial charge is 0.241 e. The molecule has 112 valence electrons. The van der Waals surface area contributed by atoms with Crippen LogP contribution in [0.15, 0.2) is 35.3 Å². The van der Waals surface area contributed by atoms with Crippen molar-refractivity contribution >= 4 is 16.8 Å². The minimum atomic E-state index is -0.166. The molecule has 1 heterocycles. The third-order valence-corrected chi connectivity index (χ3v) is 3.32. The van der Waals surface area contributed by atoms with Gasteiger partial charge in [-0.1, -0.05) is 19.1 Å². The van der Waals surface area contributed by atoms with Crippen LogP contribution in [-0.4, -0.2) is 33.9 Å². The number of benzene rings is 1. The van der Waals surface area contributed by atoms with Gasteiger partial charge < -0.3 is 10.4 Å². The molecule has 1 aromatic carbocycles. The molecule has 0 bridgehead atoms. The van der Waals surface area contributed by atoms with E-state index < -0.39 is 0 Å². The molecule has 0 saturated carbocycles. The van der Waals surface area contributed by atoms with Gasteiger partial charge in [0.1, 0.15) is 6.54 Å². The van der Waals surface area contributed by atoms with E-state index >= 15 is 0 Å². The van der Waals surface area contributed by atoms with Crippen molar-refractivity contribution in [3.8, 4) is 0 Å². The second kappa shape index (κ2) is 6.99. The minimum Gasteiger partial charge on any atom is -0.396 e. The summed E-state index contributed by atoms with van der Waals surface area (Å²) in [5.74, 6) is 0.0544. The predicted octanol–water partition coefficient (Wildman–Crippen LogP) is 0.531. The molecular weight excluding hydrogens is 270 g/mol. The van der Waals surface area contributed by atoms with Crippen molar-refractivity contribution in [2.24, 2.45) is 5.92 Å². The van der Waals surface area contributed by atoms with Gasteiger partial charge in [0, 0.05) is 18.5 Å². The van der Waals surface area contributed by atoms with E-state index in [1.807, 2.05) is 6.92 Å². The number of nitrogens with one attached hydrogen (secondary N) is 1. The fourth-order valence-corrected chi connectivity index (χ4v) is 2.09. The number of hydrogen-bond acceptors (Lipinski definition) is 4. The molecular formula is C15H19N3O3. The zero-order chi connectivity index (χ0) is 15.2. The van der Waals surface area contributed by atoms with Gasteiger partial charge >= 0.3 is 0 Å². The Hall–Kier alpha value is -2.21. The Kier molecular flexibility index (Phi) is 5.05. The lowest BCUT2D eigenvalue weighted by molar-refractivity contribution is -0.122. The third kappa shape index (κ3) is 3.88. The lowest BCUT2D eigenvalue weighted by atomic mass is 10.1. The van der Waals surface area contributed by atoms with Crippen LogP contribution in [0, 0.1) is 5.92 Å². The average Bonchev–Trinajstić information content (AvgIpc) is 2.49.